The Kier molecular flexibility index (Phi) is 9.59. The highest BCUT2D eigenvalue weighted by Crippen LogP contribution is 2.17. The summed E-state index contributed by atoms with van der Waals surface area (Å²) in [6.07, 6.45) is 5.10. The van der Waals surface area contributed by atoms with Crippen molar-refractivity contribution in [1.29, 1.82) is 0 Å². The first kappa shape index (κ1) is 14.4. The summed E-state index contributed by atoms with van der Waals surface area (Å²) >= 11 is 0. The highest BCUT2D eigenvalue weighted by molar-refractivity contribution is 5.69. The normalized spacial score (nSPS) is 12.5. The van der Waals surface area contributed by atoms with Crippen molar-refractivity contribution in [2.75, 3.05) is 20.2 Å². The van der Waals surface area contributed by atoms with Crippen LogP contribution in [0, 0.1) is 5.92 Å². The smallest absolute Gasteiger partial charge is 0.305 e. The number of carbonyl (C=O) groups is 1. The van der Waals surface area contributed by atoms with Crippen LogP contribution in [0.2, 0.25) is 0 Å². The molecule has 0 aromatic carbocycles. The van der Waals surface area contributed by atoms with E-state index in [0.717, 1.165) is 19.4 Å². The summed E-state index contributed by atoms with van der Waals surface area (Å²) in [4.78, 5) is 11.2. The number of nitrogens with one attached hydrogen (secondary N) is 1. The molecule has 0 aliphatic rings. The molecule has 0 radical (unpaired) electrons. The molecule has 0 aliphatic heterocycles. The Labute approximate surface area is 93.6 Å². The van der Waals surface area contributed by atoms with Gasteiger partial charge < -0.3 is 10.1 Å². The summed E-state index contributed by atoms with van der Waals surface area (Å²) < 4.78 is 4.92. The maximum atomic E-state index is 11.2. The molecule has 0 heterocycles. The second-order valence-electron chi connectivity index (χ2n) is 3.89. The highest BCUT2D eigenvalue weighted by atomic mass is 16.5. The fraction of sp³-hybridized carbons (Fsp3) is 0.917. The maximum absolute atomic E-state index is 11.2. The lowest BCUT2D eigenvalue weighted by Gasteiger charge is -2.15. The predicted molar refractivity (Wildman–Crippen MR) is 62.8 cm³/mol. The minimum atomic E-state index is -0.0527. The summed E-state index contributed by atoms with van der Waals surface area (Å²) in [7, 11) is 1.97. The van der Waals surface area contributed by atoms with Crippen LogP contribution in [0.25, 0.3) is 0 Å². The third-order valence-electron chi connectivity index (χ3n) is 2.56. The van der Waals surface area contributed by atoms with E-state index in [1.165, 1.54) is 12.8 Å². The third-order valence-corrected chi connectivity index (χ3v) is 2.56. The van der Waals surface area contributed by atoms with Gasteiger partial charge in [0.25, 0.3) is 0 Å². The van der Waals surface area contributed by atoms with Crippen molar-refractivity contribution in [2.24, 2.45) is 5.92 Å². The highest BCUT2D eigenvalue weighted by Gasteiger charge is 2.10. The lowest BCUT2D eigenvalue weighted by atomic mass is 9.94. The molecule has 3 heteroatoms. The van der Waals surface area contributed by atoms with Crippen molar-refractivity contribution < 1.29 is 9.53 Å². The van der Waals surface area contributed by atoms with Crippen LogP contribution in [-0.2, 0) is 9.53 Å². The zero-order valence-electron chi connectivity index (χ0n) is 10.3. The average molecular weight is 215 g/mol. The predicted octanol–water partition coefficient (Wildman–Crippen LogP) is 2.36. The average Bonchev–Trinajstić information content (AvgIpc) is 2.22. The van der Waals surface area contributed by atoms with Gasteiger partial charge in [0.05, 0.1) is 6.61 Å². The SMILES string of the molecule is CCCC(CCNC)CCC(=O)OCC. The van der Waals surface area contributed by atoms with Gasteiger partial charge in [0.1, 0.15) is 0 Å². The van der Waals surface area contributed by atoms with Gasteiger partial charge in [-0.1, -0.05) is 19.8 Å². The molecule has 0 aromatic rings. The van der Waals surface area contributed by atoms with Crippen LogP contribution in [0.1, 0.15) is 46.0 Å². The second kappa shape index (κ2) is 9.97. The number of rotatable bonds is 9. The van der Waals surface area contributed by atoms with Gasteiger partial charge in [0.15, 0.2) is 0 Å². The Morgan fingerprint density at radius 2 is 2.00 bits per heavy atom. The lowest BCUT2D eigenvalue weighted by Crippen LogP contribution is -2.15. The van der Waals surface area contributed by atoms with Crippen LogP contribution in [0.5, 0.6) is 0 Å². The van der Waals surface area contributed by atoms with Crippen molar-refractivity contribution in [3.05, 3.63) is 0 Å². The fourth-order valence-electron chi connectivity index (χ4n) is 1.74. The standard InChI is InChI=1S/C12H25NO2/c1-4-6-11(9-10-13-3)7-8-12(14)15-5-2/h11,13H,4-10H2,1-3H3. The molecule has 1 atom stereocenters. The molecule has 0 amide bonds. The summed E-state index contributed by atoms with van der Waals surface area (Å²) in [5.74, 6) is 0.606. The van der Waals surface area contributed by atoms with Gasteiger partial charge in [-0.05, 0) is 39.3 Å². The molecule has 1 unspecified atom stereocenters. The molecule has 0 saturated heterocycles. The molecule has 0 aliphatic carbocycles. The second-order valence-corrected chi connectivity index (χ2v) is 3.89. The monoisotopic (exact) mass is 215 g/mol. The van der Waals surface area contributed by atoms with Gasteiger partial charge in [0, 0.05) is 6.42 Å². The molecular formula is C12H25NO2. The van der Waals surface area contributed by atoms with E-state index in [1.54, 1.807) is 0 Å². The molecule has 1 N–H and O–H groups in total. The Morgan fingerprint density at radius 3 is 2.53 bits per heavy atom. The molecule has 3 nitrogen and oxygen atoms in total. The topological polar surface area (TPSA) is 38.3 Å². The van der Waals surface area contributed by atoms with E-state index in [2.05, 4.69) is 12.2 Å². The first-order chi connectivity index (χ1) is 7.24. The van der Waals surface area contributed by atoms with Crippen molar-refractivity contribution in [3.8, 4) is 0 Å². The summed E-state index contributed by atoms with van der Waals surface area (Å²) in [5.41, 5.74) is 0. The first-order valence-electron chi connectivity index (χ1n) is 6.04. The van der Waals surface area contributed by atoms with Crippen LogP contribution >= 0.6 is 0 Å². The minimum absolute atomic E-state index is 0.0527. The van der Waals surface area contributed by atoms with E-state index in [9.17, 15) is 4.79 Å². The molecule has 0 saturated carbocycles. The quantitative estimate of drug-likeness (QED) is 0.600. The van der Waals surface area contributed by atoms with E-state index >= 15 is 0 Å². The van der Waals surface area contributed by atoms with Gasteiger partial charge in [-0.3, -0.25) is 4.79 Å². The van der Waals surface area contributed by atoms with Crippen molar-refractivity contribution in [2.45, 2.75) is 46.0 Å². The van der Waals surface area contributed by atoms with E-state index in [0.29, 0.717) is 18.9 Å². The Hall–Kier alpha value is -0.570. The Bertz CT molecular complexity index is 160. The number of carbonyl (C=O) groups excluding carboxylic acids is 1. The molecule has 15 heavy (non-hydrogen) atoms. The third kappa shape index (κ3) is 8.43. The summed E-state index contributed by atoms with van der Waals surface area (Å²) in [6.45, 7) is 5.57. The van der Waals surface area contributed by atoms with Gasteiger partial charge in [0.2, 0.25) is 0 Å². The number of hydrogen-bond donors (Lipinski definition) is 1. The summed E-state index contributed by atoms with van der Waals surface area (Å²) in [5, 5.41) is 3.15. The van der Waals surface area contributed by atoms with Crippen LogP contribution < -0.4 is 5.32 Å². The Morgan fingerprint density at radius 1 is 1.27 bits per heavy atom. The number of ether oxygens (including phenoxy) is 1. The minimum Gasteiger partial charge on any atom is -0.466 e. The van der Waals surface area contributed by atoms with Crippen molar-refractivity contribution in [1.82, 2.24) is 5.32 Å². The molecule has 90 valence electrons. The van der Waals surface area contributed by atoms with Crippen LogP contribution in [0.3, 0.4) is 0 Å². The molecule has 0 fully saturated rings. The van der Waals surface area contributed by atoms with E-state index in [1.807, 2.05) is 14.0 Å². The lowest BCUT2D eigenvalue weighted by molar-refractivity contribution is -0.143. The van der Waals surface area contributed by atoms with Crippen LogP contribution in [-0.4, -0.2) is 26.2 Å². The van der Waals surface area contributed by atoms with Gasteiger partial charge in [-0.15, -0.1) is 0 Å². The van der Waals surface area contributed by atoms with Crippen LogP contribution in [0.4, 0.5) is 0 Å². The molecule has 0 bridgehead atoms. The molecule has 0 spiro atoms. The molecular weight excluding hydrogens is 190 g/mol. The van der Waals surface area contributed by atoms with Crippen molar-refractivity contribution in [3.63, 3.8) is 0 Å². The van der Waals surface area contributed by atoms with E-state index in [4.69, 9.17) is 4.74 Å². The van der Waals surface area contributed by atoms with Gasteiger partial charge >= 0.3 is 5.97 Å². The van der Waals surface area contributed by atoms with E-state index < -0.39 is 0 Å². The van der Waals surface area contributed by atoms with Gasteiger partial charge in [-0.25, -0.2) is 0 Å². The fourth-order valence-corrected chi connectivity index (χ4v) is 1.74. The Balaban J connectivity index is 3.68. The van der Waals surface area contributed by atoms with E-state index in [-0.39, 0.29) is 5.97 Å². The zero-order valence-corrected chi connectivity index (χ0v) is 10.3. The maximum Gasteiger partial charge on any atom is 0.305 e. The largest absolute Gasteiger partial charge is 0.466 e. The zero-order chi connectivity index (χ0) is 11.5. The first-order valence-corrected chi connectivity index (χ1v) is 6.04. The molecule has 0 rings (SSSR count). The number of hydrogen-bond acceptors (Lipinski definition) is 3. The molecule has 0 aromatic heterocycles. The van der Waals surface area contributed by atoms with Crippen molar-refractivity contribution >= 4 is 5.97 Å². The van der Waals surface area contributed by atoms with Gasteiger partial charge in [-0.2, -0.15) is 0 Å². The number of esters is 1. The summed E-state index contributed by atoms with van der Waals surface area (Å²) in [6, 6.07) is 0. The van der Waals surface area contributed by atoms with Crippen LogP contribution in [0.15, 0.2) is 0 Å².